The van der Waals surface area contributed by atoms with E-state index in [-0.39, 0.29) is 29.4 Å². The van der Waals surface area contributed by atoms with Crippen LogP contribution in [0.1, 0.15) is 36.3 Å². The zero-order chi connectivity index (χ0) is 18.6. The fourth-order valence-electron chi connectivity index (χ4n) is 2.96. The lowest BCUT2D eigenvalue weighted by Gasteiger charge is -2.36. The van der Waals surface area contributed by atoms with Gasteiger partial charge >= 0.3 is 0 Å². The Kier molecular flexibility index (Phi) is 8.51. The maximum absolute atomic E-state index is 4.76. The first-order valence-corrected chi connectivity index (χ1v) is 10.9. The summed E-state index contributed by atoms with van der Waals surface area (Å²) in [6.45, 7) is 12.6. The lowest BCUT2D eigenvalue weighted by atomic mass is 9.93. The number of piperazine rings is 1. The molecule has 150 valence electrons. The molecule has 2 aromatic heterocycles. The average molecular weight is 520 g/mol. The van der Waals surface area contributed by atoms with Crippen LogP contribution in [0.15, 0.2) is 27.9 Å². The Morgan fingerprint density at radius 1 is 1.22 bits per heavy atom. The first-order chi connectivity index (χ1) is 12.5. The van der Waals surface area contributed by atoms with Crippen LogP contribution in [0.2, 0.25) is 0 Å². The van der Waals surface area contributed by atoms with Crippen LogP contribution in [-0.4, -0.2) is 54.0 Å². The van der Waals surface area contributed by atoms with Crippen molar-refractivity contribution in [3.63, 3.8) is 0 Å². The number of aromatic nitrogens is 1. The van der Waals surface area contributed by atoms with Gasteiger partial charge in [0.15, 0.2) is 5.96 Å². The highest BCUT2D eigenvalue weighted by molar-refractivity contribution is 14.0. The van der Waals surface area contributed by atoms with E-state index in [4.69, 9.17) is 4.98 Å². The molecule has 0 aliphatic carbocycles. The van der Waals surface area contributed by atoms with E-state index in [1.165, 1.54) is 4.88 Å². The highest BCUT2D eigenvalue weighted by Crippen LogP contribution is 2.23. The van der Waals surface area contributed by atoms with Crippen molar-refractivity contribution in [1.82, 2.24) is 20.1 Å². The lowest BCUT2D eigenvalue weighted by molar-refractivity contribution is 0.173. The number of hydrogen-bond donors (Lipinski definition) is 1. The number of nitrogens with zero attached hydrogens (tertiary/aromatic N) is 4. The second kappa shape index (κ2) is 10.2. The first kappa shape index (κ1) is 22.6. The molecular weight excluding hydrogens is 489 g/mol. The molecule has 5 nitrogen and oxygen atoms in total. The van der Waals surface area contributed by atoms with Gasteiger partial charge in [-0.3, -0.25) is 9.89 Å². The highest BCUT2D eigenvalue weighted by Gasteiger charge is 2.21. The third-order valence-electron chi connectivity index (χ3n) is 4.56. The molecule has 1 aliphatic rings. The summed E-state index contributed by atoms with van der Waals surface area (Å²) < 4.78 is 0. The molecule has 2 aromatic rings. The number of halogens is 1. The summed E-state index contributed by atoms with van der Waals surface area (Å²) in [5.41, 5.74) is 1.27. The predicted molar refractivity (Wildman–Crippen MR) is 128 cm³/mol. The summed E-state index contributed by atoms with van der Waals surface area (Å²) >= 11 is 3.56. The molecule has 0 saturated carbocycles. The van der Waals surface area contributed by atoms with Crippen LogP contribution < -0.4 is 5.32 Å². The van der Waals surface area contributed by atoms with Crippen LogP contribution in [0, 0.1) is 0 Å². The SMILES string of the molecule is CN=C(NCc1nc(C(C)(C)C)cs1)N1CCN(Cc2cccs2)CC1.I. The second-order valence-corrected chi connectivity index (χ2v) is 9.59. The molecular formula is C19H30IN5S2. The van der Waals surface area contributed by atoms with Gasteiger partial charge < -0.3 is 10.2 Å². The van der Waals surface area contributed by atoms with Crippen LogP contribution in [0.25, 0.3) is 0 Å². The molecule has 27 heavy (non-hydrogen) atoms. The van der Waals surface area contributed by atoms with Gasteiger partial charge in [-0.15, -0.1) is 46.7 Å². The third-order valence-corrected chi connectivity index (χ3v) is 6.27. The molecule has 1 fully saturated rings. The molecule has 0 radical (unpaired) electrons. The second-order valence-electron chi connectivity index (χ2n) is 7.62. The minimum Gasteiger partial charge on any atom is -0.350 e. The third kappa shape index (κ3) is 6.40. The van der Waals surface area contributed by atoms with E-state index >= 15 is 0 Å². The summed E-state index contributed by atoms with van der Waals surface area (Å²) in [6.07, 6.45) is 0. The van der Waals surface area contributed by atoms with Gasteiger partial charge in [0.05, 0.1) is 12.2 Å². The predicted octanol–water partition coefficient (Wildman–Crippen LogP) is 4.01. The summed E-state index contributed by atoms with van der Waals surface area (Å²) in [5.74, 6) is 0.980. The van der Waals surface area contributed by atoms with E-state index in [9.17, 15) is 0 Å². The van der Waals surface area contributed by atoms with E-state index in [1.807, 2.05) is 18.4 Å². The van der Waals surface area contributed by atoms with Gasteiger partial charge in [-0.2, -0.15) is 0 Å². The molecule has 3 heterocycles. The Labute approximate surface area is 187 Å². The topological polar surface area (TPSA) is 43.8 Å². The number of aliphatic imine (C=N–C) groups is 1. The summed E-state index contributed by atoms with van der Waals surface area (Å²) in [5, 5.41) is 8.93. The molecule has 8 heteroatoms. The molecule has 0 spiro atoms. The van der Waals surface area contributed by atoms with E-state index in [0.717, 1.165) is 55.9 Å². The van der Waals surface area contributed by atoms with Crippen LogP contribution in [-0.2, 0) is 18.5 Å². The maximum Gasteiger partial charge on any atom is 0.194 e. The normalized spacial score (nSPS) is 16.3. The van der Waals surface area contributed by atoms with Gasteiger partial charge in [0.2, 0.25) is 0 Å². The Morgan fingerprint density at radius 2 is 1.96 bits per heavy atom. The van der Waals surface area contributed by atoms with Gasteiger partial charge in [0, 0.05) is 55.4 Å². The highest BCUT2D eigenvalue weighted by atomic mass is 127. The monoisotopic (exact) mass is 519 g/mol. The number of thiophene rings is 1. The van der Waals surface area contributed by atoms with Crippen molar-refractivity contribution in [1.29, 1.82) is 0 Å². The fourth-order valence-corrected chi connectivity index (χ4v) is 4.67. The van der Waals surface area contributed by atoms with Crippen LogP contribution in [0.4, 0.5) is 0 Å². The molecule has 1 saturated heterocycles. The Bertz CT molecular complexity index is 713. The van der Waals surface area contributed by atoms with E-state index in [1.54, 1.807) is 11.3 Å². The number of hydrogen-bond acceptors (Lipinski definition) is 5. The van der Waals surface area contributed by atoms with E-state index in [2.05, 4.69) is 63.8 Å². The van der Waals surface area contributed by atoms with Crippen molar-refractivity contribution in [2.75, 3.05) is 33.2 Å². The Morgan fingerprint density at radius 3 is 2.52 bits per heavy atom. The minimum atomic E-state index is 0. The Hall–Kier alpha value is -0.710. The van der Waals surface area contributed by atoms with Crippen molar-refractivity contribution in [3.05, 3.63) is 38.5 Å². The molecule has 0 unspecified atom stereocenters. The van der Waals surface area contributed by atoms with Gasteiger partial charge in [-0.25, -0.2) is 4.98 Å². The maximum atomic E-state index is 4.76. The molecule has 0 amide bonds. The molecule has 0 atom stereocenters. The van der Waals surface area contributed by atoms with Crippen molar-refractivity contribution in [2.45, 2.75) is 39.3 Å². The largest absolute Gasteiger partial charge is 0.350 e. The summed E-state index contributed by atoms with van der Waals surface area (Å²) in [4.78, 5) is 15.6. The van der Waals surface area contributed by atoms with Crippen LogP contribution in [0.3, 0.4) is 0 Å². The zero-order valence-electron chi connectivity index (χ0n) is 16.6. The molecule has 3 rings (SSSR count). The first-order valence-electron chi connectivity index (χ1n) is 9.11. The molecule has 0 aromatic carbocycles. The average Bonchev–Trinajstić information content (AvgIpc) is 3.28. The van der Waals surface area contributed by atoms with Gasteiger partial charge in [-0.05, 0) is 11.4 Å². The molecule has 0 bridgehead atoms. The fraction of sp³-hybridized carbons (Fsp3) is 0.579. The van der Waals surface area contributed by atoms with Crippen molar-refractivity contribution in [2.24, 2.45) is 4.99 Å². The van der Waals surface area contributed by atoms with Crippen molar-refractivity contribution in [3.8, 4) is 0 Å². The molecule has 1 N–H and O–H groups in total. The summed E-state index contributed by atoms with van der Waals surface area (Å²) in [7, 11) is 1.86. The Balaban J connectivity index is 0.00000261. The number of nitrogens with one attached hydrogen (secondary N) is 1. The quantitative estimate of drug-likeness (QED) is 0.377. The standard InChI is InChI=1S/C19H29N5S2.HI/c1-19(2,3)16-14-26-17(22-16)12-21-18(20-4)24-9-7-23(8-10-24)13-15-6-5-11-25-15;/h5-6,11,14H,7-10,12-13H2,1-4H3,(H,20,21);1H. The molecule has 1 aliphatic heterocycles. The lowest BCUT2D eigenvalue weighted by Crippen LogP contribution is -2.51. The van der Waals surface area contributed by atoms with Crippen LogP contribution in [0.5, 0.6) is 0 Å². The minimum absolute atomic E-state index is 0. The van der Waals surface area contributed by atoms with E-state index < -0.39 is 0 Å². The van der Waals surface area contributed by atoms with Gasteiger partial charge in [0.1, 0.15) is 5.01 Å². The van der Waals surface area contributed by atoms with E-state index in [0.29, 0.717) is 0 Å². The van der Waals surface area contributed by atoms with Gasteiger partial charge in [0.25, 0.3) is 0 Å². The van der Waals surface area contributed by atoms with Gasteiger partial charge in [-0.1, -0.05) is 26.8 Å². The summed E-state index contributed by atoms with van der Waals surface area (Å²) in [6, 6.07) is 4.35. The smallest absolute Gasteiger partial charge is 0.194 e. The van der Waals surface area contributed by atoms with Crippen molar-refractivity contribution < 1.29 is 0 Å². The number of guanidine groups is 1. The zero-order valence-corrected chi connectivity index (χ0v) is 20.5. The number of rotatable bonds is 4. The van der Waals surface area contributed by atoms with Crippen LogP contribution >= 0.6 is 46.7 Å². The van der Waals surface area contributed by atoms with Crippen molar-refractivity contribution >= 4 is 52.6 Å². The number of thiazole rings is 1.